The highest BCUT2D eigenvalue weighted by Crippen LogP contribution is 2.20. The first-order chi connectivity index (χ1) is 11.9. The van der Waals surface area contributed by atoms with E-state index in [1.54, 1.807) is 32.2 Å². The first-order valence-electron chi connectivity index (χ1n) is 8.03. The molecule has 0 spiro atoms. The van der Waals surface area contributed by atoms with Gasteiger partial charge in [-0.25, -0.2) is 0 Å². The fourth-order valence-electron chi connectivity index (χ4n) is 2.20. The summed E-state index contributed by atoms with van der Waals surface area (Å²) in [7, 11) is 0. The topological polar surface area (TPSA) is 60.5 Å². The Balaban J connectivity index is 1.66. The van der Waals surface area contributed by atoms with Crippen molar-refractivity contribution in [3.05, 3.63) is 66.4 Å². The van der Waals surface area contributed by atoms with Crippen LogP contribution in [0, 0.1) is 6.92 Å². The molecule has 3 aromatic rings. The van der Waals surface area contributed by atoms with Gasteiger partial charge in [0.05, 0.1) is 17.4 Å². The van der Waals surface area contributed by atoms with Gasteiger partial charge < -0.3 is 10.2 Å². The minimum atomic E-state index is -1.17. The fraction of sp³-hybridized carbons (Fsp3) is 0.200. The minimum absolute atomic E-state index is 0.323. The summed E-state index contributed by atoms with van der Waals surface area (Å²) in [4.78, 5) is 27.5. The van der Waals surface area contributed by atoms with Crippen molar-refractivity contribution in [3.8, 4) is 5.75 Å². The van der Waals surface area contributed by atoms with Crippen LogP contribution < -0.4 is 10.2 Å². The van der Waals surface area contributed by atoms with Gasteiger partial charge in [-0.1, -0.05) is 35.9 Å². The van der Waals surface area contributed by atoms with Crippen molar-refractivity contribution in [1.29, 1.82) is 0 Å². The molecule has 0 unspecified atom stereocenters. The van der Waals surface area contributed by atoms with Crippen LogP contribution in [0.5, 0.6) is 5.75 Å². The monoisotopic (exact) mass is 336 g/mol. The summed E-state index contributed by atoms with van der Waals surface area (Å²) >= 11 is 0. The van der Waals surface area contributed by atoms with Crippen LogP contribution in [0.2, 0.25) is 0 Å². The number of hydrogen-bond donors (Lipinski definition) is 1. The maximum atomic E-state index is 12.5. The van der Waals surface area contributed by atoms with Crippen LogP contribution in [0.3, 0.4) is 0 Å². The lowest BCUT2D eigenvalue weighted by molar-refractivity contribution is -0.270. The molecule has 0 radical (unpaired) electrons. The van der Waals surface area contributed by atoms with Crippen LogP contribution in [0.25, 0.3) is 10.9 Å². The number of rotatable bonds is 5. The molecule has 2 aromatic carbocycles. The summed E-state index contributed by atoms with van der Waals surface area (Å²) in [6.45, 7) is 5.27. The second-order valence-corrected chi connectivity index (χ2v) is 6.36. The molecule has 128 valence electrons. The molecular weight excluding hydrogens is 316 g/mol. The number of carbonyl (C=O) groups is 1. The molecule has 0 saturated heterocycles. The number of nitrogens with zero attached hydrogens (tertiary/aromatic N) is 1. The number of anilines is 1. The Labute approximate surface area is 146 Å². The molecule has 0 fully saturated rings. The molecule has 0 aliphatic rings. The number of carbonyl (C=O) groups excluding carboxylic acids is 1. The zero-order valence-electron chi connectivity index (χ0n) is 14.4. The number of nitrogens with one attached hydrogen (secondary N) is 1. The maximum Gasteiger partial charge on any atom is 0.260 e. The number of hydrogen-bond acceptors (Lipinski definition) is 4. The van der Waals surface area contributed by atoms with Crippen molar-refractivity contribution < 1.29 is 14.6 Å². The van der Waals surface area contributed by atoms with Crippen molar-refractivity contribution in [2.75, 3.05) is 5.32 Å². The van der Waals surface area contributed by atoms with Crippen molar-refractivity contribution in [2.45, 2.75) is 26.4 Å². The highest BCUT2D eigenvalue weighted by molar-refractivity contribution is 5.98. The predicted octanol–water partition coefficient (Wildman–Crippen LogP) is 4.27. The molecule has 1 amide bonds. The summed E-state index contributed by atoms with van der Waals surface area (Å²) in [5.41, 5.74) is 1.43. The van der Waals surface area contributed by atoms with E-state index in [2.05, 4.69) is 10.3 Å². The lowest BCUT2D eigenvalue weighted by Crippen LogP contribution is -2.40. The van der Waals surface area contributed by atoms with Gasteiger partial charge in [-0.05, 0) is 45.0 Å². The molecular formula is C20H20N2O3. The summed E-state index contributed by atoms with van der Waals surface area (Å²) in [5, 5.41) is 3.77. The molecule has 0 aliphatic heterocycles. The molecule has 0 aliphatic carbocycles. The van der Waals surface area contributed by atoms with E-state index in [9.17, 15) is 4.79 Å². The number of aryl methyl sites for hydroxylation is 1. The molecule has 0 bridgehead atoms. The van der Waals surface area contributed by atoms with Gasteiger partial charge in [0.25, 0.3) is 5.91 Å². The Kier molecular flexibility index (Phi) is 4.67. The Morgan fingerprint density at radius 1 is 1.08 bits per heavy atom. The largest absolute Gasteiger partial charge is 0.336 e. The third-order valence-corrected chi connectivity index (χ3v) is 3.76. The van der Waals surface area contributed by atoms with E-state index in [0.717, 1.165) is 16.5 Å². The second-order valence-electron chi connectivity index (χ2n) is 6.36. The first-order valence-corrected chi connectivity index (χ1v) is 8.03. The molecule has 0 atom stereocenters. The molecule has 1 heterocycles. The third-order valence-electron chi connectivity index (χ3n) is 3.76. The van der Waals surface area contributed by atoms with Gasteiger partial charge in [0, 0.05) is 5.39 Å². The van der Waals surface area contributed by atoms with Crippen molar-refractivity contribution in [1.82, 2.24) is 4.98 Å². The van der Waals surface area contributed by atoms with Gasteiger partial charge in [0.15, 0.2) is 11.4 Å². The molecule has 1 N–H and O–H groups in total. The lowest BCUT2D eigenvalue weighted by atomic mass is 10.1. The normalized spacial score (nSPS) is 11.3. The number of amides is 1. The van der Waals surface area contributed by atoms with Crippen molar-refractivity contribution >= 4 is 22.5 Å². The molecule has 1 aromatic heterocycles. The zero-order valence-corrected chi connectivity index (χ0v) is 14.4. The Bertz CT molecular complexity index is 889. The molecule has 3 rings (SSSR count). The Hall–Kier alpha value is -2.92. The van der Waals surface area contributed by atoms with Crippen molar-refractivity contribution in [2.24, 2.45) is 0 Å². The standard InChI is InChI=1S/C20H20N2O3/c1-14-8-10-17(11-9-14)24-25-20(2,3)19(23)22-16-12-15-6-4-5-7-18(15)21-13-16/h4-13H,1-3H3,(H,22,23). The second kappa shape index (κ2) is 6.91. The van der Waals surface area contributed by atoms with Crippen LogP contribution in [-0.2, 0) is 9.68 Å². The fourth-order valence-corrected chi connectivity index (χ4v) is 2.20. The summed E-state index contributed by atoms with van der Waals surface area (Å²) in [5.74, 6) is 0.218. The average molecular weight is 336 g/mol. The smallest absolute Gasteiger partial charge is 0.260 e. The first kappa shape index (κ1) is 16.9. The molecule has 5 nitrogen and oxygen atoms in total. The zero-order chi connectivity index (χ0) is 17.9. The summed E-state index contributed by atoms with van der Waals surface area (Å²) in [6.07, 6.45) is 1.62. The van der Waals surface area contributed by atoms with E-state index in [1.165, 1.54) is 0 Å². The lowest BCUT2D eigenvalue weighted by Gasteiger charge is -2.22. The minimum Gasteiger partial charge on any atom is -0.336 e. The van der Waals surface area contributed by atoms with Gasteiger partial charge in [-0.2, -0.15) is 4.89 Å². The summed E-state index contributed by atoms with van der Waals surface area (Å²) in [6, 6.07) is 17.0. The quantitative estimate of drug-likeness (QED) is 0.558. The van der Waals surface area contributed by atoms with Gasteiger partial charge in [0.1, 0.15) is 0 Å². The number of para-hydroxylation sites is 1. The van der Waals surface area contributed by atoms with E-state index >= 15 is 0 Å². The summed E-state index contributed by atoms with van der Waals surface area (Å²) < 4.78 is 0. The van der Waals surface area contributed by atoms with Crippen molar-refractivity contribution in [3.63, 3.8) is 0 Å². The number of fused-ring (bicyclic) bond motifs is 1. The van der Waals surface area contributed by atoms with Crippen LogP contribution in [0.4, 0.5) is 5.69 Å². The number of aromatic nitrogens is 1. The Morgan fingerprint density at radius 3 is 2.56 bits per heavy atom. The van der Waals surface area contributed by atoms with E-state index in [-0.39, 0.29) is 5.91 Å². The highest BCUT2D eigenvalue weighted by Gasteiger charge is 2.31. The van der Waals surface area contributed by atoms with Gasteiger partial charge >= 0.3 is 0 Å². The predicted molar refractivity (Wildman–Crippen MR) is 97.3 cm³/mol. The van der Waals surface area contributed by atoms with E-state index in [4.69, 9.17) is 9.78 Å². The van der Waals surface area contributed by atoms with E-state index in [1.807, 2.05) is 49.4 Å². The van der Waals surface area contributed by atoms with Gasteiger partial charge in [-0.3, -0.25) is 9.78 Å². The molecule has 5 heteroatoms. The van der Waals surface area contributed by atoms with E-state index < -0.39 is 5.60 Å². The van der Waals surface area contributed by atoms with Gasteiger partial charge in [-0.15, -0.1) is 0 Å². The maximum absolute atomic E-state index is 12.5. The van der Waals surface area contributed by atoms with Crippen LogP contribution in [-0.4, -0.2) is 16.5 Å². The number of benzene rings is 2. The molecule has 25 heavy (non-hydrogen) atoms. The molecule has 0 saturated carbocycles. The third kappa shape index (κ3) is 4.14. The van der Waals surface area contributed by atoms with Crippen LogP contribution in [0.15, 0.2) is 60.8 Å². The SMILES string of the molecule is Cc1ccc(OOC(C)(C)C(=O)Nc2cnc3ccccc3c2)cc1. The Morgan fingerprint density at radius 2 is 1.80 bits per heavy atom. The van der Waals surface area contributed by atoms with Gasteiger partial charge in [0.2, 0.25) is 0 Å². The van der Waals surface area contributed by atoms with Crippen LogP contribution in [0.1, 0.15) is 19.4 Å². The van der Waals surface area contributed by atoms with Crippen LogP contribution >= 0.6 is 0 Å². The number of pyridine rings is 1. The van der Waals surface area contributed by atoms with E-state index in [0.29, 0.717) is 11.4 Å². The average Bonchev–Trinajstić information content (AvgIpc) is 2.61. The highest BCUT2D eigenvalue weighted by atomic mass is 17.2.